The lowest BCUT2D eigenvalue weighted by Gasteiger charge is -2.08. The summed E-state index contributed by atoms with van der Waals surface area (Å²) in [5, 5.41) is 5.53. The Morgan fingerprint density at radius 3 is 2.81 bits per heavy atom. The fourth-order valence-corrected chi connectivity index (χ4v) is 3.32. The normalized spacial score (nSPS) is 10.9. The molecule has 0 saturated carbocycles. The fraction of sp³-hybridized carbons (Fsp3) is 0.235. The van der Waals surface area contributed by atoms with Gasteiger partial charge in [0.1, 0.15) is 5.75 Å². The van der Waals surface area contributed by atoms with E-state index in [1.54, 1.807) is 11.3 Å². The predicted octanol–water partition coefficient (Wildman–Crippen LogP) is 5.05. The van der Waals surface area contributed by atoms with Gasteiger partial charge in [0.05, 0.1) is 23.2 Å². The Morgan fingerprint density at radius 1 is 1.10 bits per heavy atom. The molecule has 4 heteroatoms. The lowest BCUT2D eigenvalue weighted by atomic mass is 10.1. The minimum absolute atomic E-state index is 0.489. The van der Waals surface area contributed by atoms with Gasteiger partial charge in [-0.3, -0.25) is 0 Å². The van der Waals surface area contributed by atoms with Crippen LogP contribution in [0.15, 0.2) is 47.8 Å². The molecule has 0 bridgehead atoms. The van der Waals surface area contributed by atoms with E-state index in [9.17, 15) is 0 Å². The van der Waals surface area contributed by atoms with Crippen LogP contribution in [-0.2, 0) is 12.3 Å². The molecule has 0 aliphatic carbocycles. The molecule has 0 radical (unpaired) electrons. The van der Waals surface area contributed by atoms with Crippen molar-refractivity contribution >= 4 is 33.7 Å². The summed E-state index contributed by atoms with van der Waals surface area (Å²) in [7, 11) is 0. The lowest BCUT2D eigenvalue weighted by molar-refractivity contribution is 0.314. The molecular formula is C17H16ClNOS. The van der Waals surface area contributed by atoms with Crippen LogP contribution in [-0.4, -0.2) is 11.6 Å². The van der Waals surface area contributed by atoms with Crippen LogP contribution < -0.4 is 4.74 Å². The maximum atomic E-state index is 5.92. The molecule has 0 unspecified atom stereocenters. The first-order chi connectivity index (χ1) is 10.4. The van der Waals surface area contributed by atoms with Gasteiger partial charge < -0.3 is 4.74 Å². The maximum absolute atomic E-state index is 5.92. The standard InChI is InChI=1S/C17H16ClNOS/c18-11-14-12-21-17(19-14)9-4-10-20-16-8-3-6-13-5-1-2-7-15(13)16/h1-3,5-8,12H,4,9-11H2. The van der Waals surface area contributed by atoms with E-state index in [0.717, 1.165) is 29.3 Å². The highest BCUT2D eigenvalue weighted by molar-refractivity contribution is 7.09. The number of aromatic nitrogens is 1. The first-order valence-electron chi connectivity index (χ1n) is 6.96. The van der Waals surface area contributed by atoms with Crippen molar-refractivity contribution in [2.75, 3.05) is 6.61 Å². The quantitative estimate of drug-likeness (QED) is 0.469. The number of ether oxygens (including phenoxy) is 1. The third-order valence-corrected chi connectivity index (χ3v) is 4.51. The third-order valence-electron chi connectivity index (χ3n) is 3.28. The van der Waals surface area contributed by atoms with Crippen LogP contribution in [0.25, 0.3) is 10.8 Å². The first kappa shape index (κ1) is 14.4. The maximum Gasteiger partial charge on any atom is 0.127 e. The Balaban J connectivity index is 1.57. The second kappa shape index (κ2) is 6.92. The van der Waals surface area contributed by atoms with Gasteiger partial charge in [-0.1, -0.05) is 36.4 Å². The van der Waals surface area contributed by atoms with E-state index in [4.69, 9.17) is 16.3 Å². The van der Waals surface area contributed by atoms with Gasteiger partial charge in [0.15, 0.2) is 0 Å². The van der Waals surface area contributed by atoms with Crippen LogP contribution in [0, 0.1) is 0 Å². The van der Waals surface area contributed by atoms with E-state index < -0.39 is 0 Å². The molecule has 21 heavy (non-hydrogen) atoms. The van der Waals surface area contributed by atoms with Crippen LogP contribution in [0.1, 0.15) is 17.1 Å². The van der Waals surface area contributed by atoms with Gasteiger partial charge in [-0.05, 0) is 17.9 Å². The molecule has 2 nitrogen and oxygen atoms in total. The summed E-state index contributed by atoms with van der Waals surface area (Å²) in [4.78, 5) is 4.45. The molecule has 3 rings (SSSR count). The summed E-state index contributed by atoms with van der Waals surface area (Å²) in [6, 6.07) is 14.4. The van der Waals surface area contributed by atoms with Crippen molar-refractivity contribution in [1.82, 2.24) is 4.98 Å². The lowest BCUT2D eigenvalue weighted by Crippen LogP contribution is -1.99. The zero-order valence-corrected chi connectivity index (χ0v) is 13.2. The monoisotopic (exact) mass is 317 g/mol. The highest BCUT2D eigenvalue weighted by atomic mass is 35.5. The van der Waals surface area contributed by atoms with Crippen molar-refractivity contribution in [2.45, 2.75) is 18.7 Å². The molecule has 0 N–H and O–H groups in total. The number of rotatable bonds is 6. The summed E-state index contributed by atoms with van der Waals surface area (Å²) in [6.07, 6.45) is 1.89. The van der Waals surface area contributed by atoms with E-state index in [-0.39, 0.29) is 0 Å². The number of fused-ring (bicyclic) bond motifs is 1. The van der Waals surface area contributed by atoms with E-state index in [1.165, 1.54) is 10.8 Å². The van der Waals surface area contributed by atoms with Crippen LogP contribution in [0.5, 0.6) is 5.75 Å². The molecule has 0 spiro atoms. The average Bonchev–Trinajstić information content (AvgIpc) is 3.00. The highest BCUT2D eigenvalue weighted by Crippen LogP contribution is 2.25. The van der Waals surface area contributed by atoms with Crippen molar-refractivity contribution < 1.29 is 4.74 Å². The summed E-state index contributed by atoms with van der Waals surface area (Å²) in [5.74, 6) is 1.44. The second-order valence-corrected chi connectivity index (χ2v) is 6.01. The van der Waals surface area contributed by atoms with Crippen molar-refractivity contribution in [3.63, 3.8) is 0 Å². The summed E-state index contributed by atoms with van der Waals surface area (Å²) >= 11 is 7.43. The topological polar surface area (TPSA) is 22.1 Å². The van der Waals surface area contributed by atoms with E-state index in [1.807, 2.05) is 29.6 Å². The smallest absolute Gasteiger partial charge is 0.127 e. The molecule has 0 aliphatic heterocycles. The summed E-state index contributed by atoms with van der Waals surface area (Å²) < 4.78 is 5.92. The molecule has 2 aromatic carbocycles. The van der Waals surface area contributed by atoms with Gasteiger partial charge in [-0.15, -0.1) is 22.9 Å². The molecule has 0 atom stereocenters. The summed E-state index contributed by atoms with van der Waals surface area (Å²) in [6.45, 7) is 0.698. The van der Waals surface area contributed by atoms with E-state index >= 15 is 0 Å². The number of aryl methyl sites for hydroxylation is 1. The van der Waals surface area contributed by atoms with E-state index in [0.29, 0.717) is 12.5 Å². The number of benzene rings is 2. The molecular weight excluding hydrogens is 302 g/mol. The Hall–Kier alpha value is -1.58. The number of halogens is 1. The van der Waals surface area contributed by atoms with Gasteiger partial charge in [0, 0.05) is 17.2 Å². The predicted molar refractivity (Wildman–Crippen MR) is 89.4 cm³/mol. The number of hydrogen-bond acceptors (Lipinski definition) is 3. The summed E-state index contributed by atoms with van der Waals surface area (Å²) in [5.41, 5.74) is 0.964. The number of thiazole rings is 1. The number of hydrogen-bond donors (Lipinski definition) is 0. The molecule has 0 amide bonds. The zero-order chi connectivity index (χ0) is 14.5. The molecule has 1 aromatic heterocycles. The Morgan fingerprint density at radius 2 is 1.95 bits per heavy atom. The van der Waals surface area contributed by atoms with Crippen molar-refractivity contribution in [2.24, 2.45) is 0 Å². The second-order valence-electron chi connectivity index (χ2n) is 4.80. The molecule has 0 saturated heterocycles. The van der Waals surface area contributed by atoms with Gasteiger partial charge in [0.25, 0.3) is 0 Å². The van der Waals surface area contributed by atoms with Crippen molar-refractivity contribution in [3.8, 4) is 5.75 Å². The van der Waals surface area contributed by atoms with Crippen LogP contribution in [0.3, 0.4) is 0 Å². The largest absolute Gasteiger partial charge is 0.493 e. The Kier molecular flexibility index (Phi) is 4.73. The SMILES string of the molecule is ClCc1csc(CCCOc2cccc3ccccc23)n1. The minimum atomic E-state index is 0.489. The van der Waals surface area contributed by atoms with Crippen LogP contribution in [0.4, 0.5) is 0 Å². The van der Waals surface area contributed by atoms with Crippen LogP contribution >= 0.6 is 22.9 Å². The van der Waals surface area contributed by atoms with E-state index in [2.05, 4.69) is 23.2 Å². The molecule has 0 fully saturated rings. The molecule has 108 valence electrons. The van der Waals surface area contributed by atoms with Gasteiger partial charge in [0.2, 0.25) is 0 Å². The van der Waals surface area contributed by atoms with Gasteiger partial charge in [-0.2, -0.15) is 0 Å². The van der Waals surface area contributed by atoms with Gasteiger partial charge >= 0.3 is 0 Å². The number of alkyl halides is 1. The molecule has 3 aromatic rings. The first-order valence-corrected chi connectivity index (χ1v) is 8.38. The van der Waals surface area contributed by atoms with Gasteiger partial charge in [-0.25, -0.2) is 4.98 Å². The Bertz CT molecular complexity index is 720. The molecule has 1 heterocycles. The average molecular weight is 318 g/mol. The molecule has 0 aliphatic rings. The number of nitrogens with zero attached hydrogens (tertiary/aromatic N) is 1. The highest BCUT2D eigenvalue weighted by Gasteiger charge is 2.03. The fourth-order valence-electron chi connectivity index (χ4n) is 2.25. The van der Waals surface area contributed by atoms with Crippen molar-refractivity contribution in [1.29, 1.82) is 0 Å². The van der Waals surface area contributed by atoms with Crippen molar-refractivity contribution in [3.05, 3.63) is 58.5 Å². The zero-order valence-electron chi connectivity index (χ0n) is 11.6. The minimum Gasteiger partial charge on any atom is -0.493 e. The third kappa shape index (κ3) is 3.55. The Labute approximate surface area is 133 Å². The van der Waals surface area contributed by atoms with Crippen LogP contribution in [0.2, 0.25) is 0 Å².